The molecular formula is C15H21NO. The minimum atomic E-state index is 0.551. The van der Waals surface area contributed by atoms with E-state index in [4.69, 9.17) is 4.74 Å². The molecule has 0 aromatic heterocycles. The fourth-order valence-corrected chi connectivity index (χ4v) is 2.46. The Morgan fingerprint density at radius 2 is 2.18 bits per heavy atom. The number of benzene rings is 1. The Bertz CT molecular complexity index is 394. The van der Waals surface area contributed by atoms with Crippen LogP contribution in [0.2, 0.25) is 0 Å². The number of methoxy groups -OCH3 is 1. The van der Waals surface area contributed by atoms with Gasteiger partial charge >= 0.3 is 0 Å². The van der Waals surface area contributed by atoms with Crippen LogP contribution in [0.25, 0.3) is 0 Å². The zero-order valence-corrected chi connectivity index (χ0v) is 10.5. The van der Waals surface area contributed by atoms with E-state index < -0.39 is 0 Å². The molecule has 2 aliphatic rings. The van der Waals surface area contributed by atoms with Crippen molar-refractivity contribution >= 4 is 0 Å². The molecule has 2 heteroatoms. The highest BCUT2D eigenvalue weighted by atomic mass is 16.5. The largest absolute Gasteiger partial charge is 0.497 e. The molecule has 2 nitrogen and oxygen atoms in total. The van der Waals surface area contributed by atoms with Gasteiger partial charge in [-0.2, -0.15) is 0 Å². The molecule has 17 heavy (non-hydrogen) atoms. The fraction of sp³-hybridized carbons (Fsp3) is 0.600. The molecule has 0 aliphatic heterocycles. The summed E-state index contributed by atoms with van der Waals surface area (Å²) >= 11 is 0. The van der Waals surface area contributed by atoms with Gasteiger partial charge in [0.2, 0.25) is 0 Å². The molecule has 0 heterocycles. The third-order valence-electron chi connectivity index (χ3n) is 4.01. The minimum Gasteiger partial charge on any atom is -0.497 e. The summed E-state index contributed by atoms with van der Waals surface area (Å²) in [6.45, 7) is 1.20. The van der Waals surface area contributed by atoms with Crippen LogP contribution in [0.4, 0.5) is 0 Å². The molecule has 1 aromatic rings. The second-order valence-corrected chi connectivity index (χ2v) is 5.68. The average Bonchev–Trinajstić information content (AvgIpc) is 3.23. The molecule has 1 N–H and O–H groups in total. The molecule has 2 fully saturated rings. The molecule has 0 saturated heterocycles. The highest BCUT2D eigenvalue weighted by Crippen LogP contribution is 2.48. The molecule has 1 aromatic carbocycles. The van der Waals surface area contributed by atoms with Crippen molar-refractivity contribution in [2.75, 3.05) is 13.7 Å². The summed E-state index contributed by atoms with van der Waals surface area (Å²) in [5.74, 6) is 0.980. The highest BCUT2D eigenvalue weighted by Gasteiger charge is 2.43. The van der Waals surface area contributed by atoms with Crippen LogP contribution in [0.3, 0.4) is 0 Å². The number of hydrogen-bond donors (Lipinski definition) is 1. The summed E-state index contributed by atoms with van der Waals surface area (Å²) in [6.07, 6.45) is 6.72. The molecule has 2 saturated carbocycles. The first-order valence-electron chi connectivity index (χ1n) is 6.66. The van der Waals surface area contributed by atoms with E-state index >= 15 is 0 Å². The van der Waals surface area contributed by atoms with Crippen LogP contribution in [0.15, 0.2) is 24.3 Å². The monoisotopic (exact) mass is 231 g/mol. The Hall–Kier alpha value is -1.02. The Morgan fingerprint density at radius 1 is 1.35 bits per heavy atom. The lowest BCUT2D eigenvalue weighted by Gasteiger charge is -2.16. The van der Waals surface area contributed by atoms with E-state index in [9.17, 15) is 0 Å². The van der Waals surface area contributed by atoms with Gasteiger partial charge in [0.1, 0.15) is 5.75 Å². The van der Waals surface area contributed by atoms with Crippen molar-refractivity contribution in [1.82, 2.24) is 5.32 Å². The lowest BCUT2D eigenvalue weighted by atomic mass is 9.96. The normalized spacial score (nSPS) is 21.2. The van der Waals surface area contributed by atoms with Gasteiger partial charge in [-0.3, -0.25) is 0 Å². The molecule has 3 rings (SSSR count). The second-order valence-electron chi connectivity index (χ2n) is 5.68. The van der Waals surface area contributed by atoms with Gasteiger partial charge in [0.05, 0.1) is 7.11 Å². The van der Waals surface area contributed by atoms with Gasteiger partial charge in [0.15, 0.2) is 0 Å². The zero-order valence-electron chi connectivity index (χ0n) is 10.5. The third-order valence-corrected chi connectivity index (χ3v) is 4.01. The van der Waals surface area contributed by atoms with Crippen molar-refractivity contribution in [3.8, 4) is 5.75 Å². The predicted molar refractivity (Wildman–Crippen MR) is 69.4 cm³/mol. The maximum atomic E-state index is 5.28. The van der Waals surface area contributed by atoms with Gasteiger partial charge < -0.3 is 10.1 Å². The van der Waals surface area contributed by atoms with Crippen molar-refractivity contribution in [3.05, 3.63) is 29.8 Å². The first kappa shape index (κ1) is 11.1. The maximum Gasteiger partial charge on any atom is 0.119 e. The standard InChI is InChI=1S/C15H21NO/c1-17-14-4-2-3-12(9-14)10-15(7-8-15)11-16-13-5-6-13/h2-4,9,13,16H,5-8,10-11H2,1H3. The van der Waals surface area contributed by atoms with Gasteiger partial charge in [0, 0.05) is 12.6 Å². The molecule has 0 radical (unpaired) electrons. The summed E-state index contributed by atoms with van der Waals surface area (Å²) < 4.78 is 5.28. The van der Waals surface area contributed by atoms with Crippen molar-refractivity contribution < 1.29 is 4.74 Å². The molecular weight excluding hydrogens is 210 g/mol. The van der Waals surface area contributed by atoms with E-state index in [0.717, 1.165) is 11.8 Å². The SMILES string of the molecule is COc1cccc(CC2(CNC3CC3)CC2)c1. The van der Waals surface area contributed by atoms with Crippen LogP contribution in [-0.4, -0.2) is 19.7 Å². The van der Waals surface area contributed by atoms with Crippen LogP contribution in [-0.2, 0) is 6.42 Å². The van der Waals surface area contributed by atoms with Crippen LogP contribution in [0.1, 0.15) is 31.2 Å². The molecule has 2 aliphatic carbocycles. The molecule has 92 valence electrons. The van der Waals surface area contributed by atoms with E-state index in [-0.39, 0.29) is 0 Å². The highest BCUT2D eigenvalue weighted by molar-refractivity contribution is 5.30. The maximum absolute atomic E-state index is 5.28. The molecule has 0 bridgehead atoms. The van der Waals surface area contributed by atoms with Crippen molar-refractivity contribution in [3.63, 3.8) is 0 Å². The topological polar surface area (TPSA) is 21.3 Å². The summed E-state index contributed by atoms with van der Waals surface area (Å²) in [5.41, 5.74) is 1.97. The van der Waals surface area contributed by atoms with E-state index in [1.165, 1.54) is 44.2 Å². The van der Waals surface area contributed by atoms with Crippen LogP contribution >= 0.6 is 0 Å². The van der Waals surface area contributed by atoms with Crippen LogP contribution in [0, 0.1) is 5.41 Å². The Morgan fingerprint density at radius 3 is 2.82 bits per heavy atom. The minimum absolute atomic E-state index is 0.551. The van der Waals surface area contributed by atoms with Crippen LogP contribution in [0.5, 0.6) is 5.75 Å². The first-order valence-corrected chi connectivity index (χ1v) is 6.66. The van der Waals surface area contributed by atoms with Crippen LogP contribution < -0.4 is 10.1 Å². The molecule has 0 amide bonds. The summed E-state index contributed by atoms with van der Waals surface area (Å²) in [7, 11) is 1.74. The van der Waals surface area contributed by atoms with E-state index in [1.54, 1.807) is 7.11 Å². The molecule has 0 unspecified atom stereocenters. The van der Waals surface area contributed by atoms with E-state index in [2.05, 4.69) is 23.5 Å². The Kier molecular flexibility index (Phi) is 2.83. The number of nitrogens with one attached hydrogen (secondary N) is 1. The van der Waals surface area contributed by atoms with Gasteiger partial charge in [-0.05, 0) is 55.2 Å². The smallest absolute Gasteiger partial charge is 0.119 e. The van der Waals surface area contributed by atoms with Crippen molar-refractivity contribution in [2.45, 2.75) is 38.1 Å². The molecule has 0 spiro atoms. The van der Waals surface area contributed by atoms with Gasteiger partial charge in [-0.1, -0.05) is 12.1 Å². The number of ether oxygens (including phenoxy) is 1. The lowest BCUT2D eigenvalue weighted by Crippen LogP contribution is -2.27. The van der Waals surface area contributed by atoms with Crippen molar-refractivity contribution in [2.24, 2.45) is 5.41 Å². The summed E-state index contributed by atoms with van der Waals surface area (Å²) in [6, 6.07) is 9.35. The van der Waals surface area contributed by atoms with E-state index in [1.807, 2.05) is 6.07 Å². The predicted octanol–water partition coefficient (Wildman–Crippen LogP) is 2.77. The quantitative estimate of drug-likeness (QED) is 0.813. The van der Waals surface area contributed by atoms with E-state index in [0.29, 0.717) is 5.41 Å². The average molecular weight is 231 g/mol. The number of hydrogen-bond acceptors (Lipinski definition) is 2. The van der Waals surface area contributed by atoms with Gasteiger partial charge in [-0.15, -0.1) is 0 Å². The Balaban J connectivity index is 1.60. The van der Waals surface area contributed by atoms with Crippen molar-refractivity contribution in [1.29, 1.82) is 0 Å². The molecule has 0 atom stereocenters. The first-order chi connectivity index (χ1) is 8.30. The lowest BCUT2D eigenvalue weighted by molar-refractivity contribution is 0.412. The second kappa shape index (κ2) is 4.34. The summed E-state index contributed by atoms with van der Waals surface area (Å²) in [4.78, 5) is 0. The summed E-state index contributed by atoms with van der Waals surface area (Å²) in [5, 5.41) is 3.68. The number of rotatable bonds is 6. The van der Waals surface area contributed by atoms with Gasteiger partial charge in [0.25, 0.3) is 0 Å². The Labute approximate surface area is 103 Å². The van der Waals surface area contributed by atoms with Gasteiger partial charge in [-0.25, -0.2) is 0 Å². The fourth-order valence-electron chi connectivity index (χ4n) is 2.46. The zero-order chi connectivity index (χ0) is 11.7. The third kappa shape index (κ3) is 2.81.